The van der Waals surface area contributed by atoms with E-state index >= 15 is 0 Å². The Kier molecular flexibility index (Phi) is 16.3. The Balaban J connectivity index is 2.22. The number of hydrogen-bond donors (Lipinski definition) is 1. The molecule has 0 saturated carbocycles. The molecular formula is C25H45NO3Sn. The summed E-state index contributed by atoms with van der Waals surface area (Å²) in [5.74, 6) is 0. The van der Waals surface area contributed by atoms with E-state index in [9.17, 15) is 4.79 Å². The smallest absolute Gasteiger partial charge is 0.0622 e. The average Bonchev–Trinajstić information content (AvgIpc) is 2.78. The van der Waals surface area contributed by atoms with Gasteiger partial charge in [-0.1, -0.05) is 18.2 Å². The van der Waals surface area contributed by atoms with E-state index in [0.29, 0.717) is 13.2 Å². The molecule has 0 fully saturated rings. The van der Waals surface area contributed by atoms with Gasteiger partial charge in [0.15, 0.2) is 0 Å². The summed E-state index contributed by atoms with van der Waals surface area (Å²) in [4.78, 5) is 11.8. The first-order chi connectivity index (χ1) is 14.7. The molecule has 5 heteroatoms. The second-order valence-corrected chi connectivity index (χ2v) is 22.2. The molecule has 1 aromatic carbocycles. The summed E-state index contributed by atoms with van der Waals surface area (Å²) >= 11 is -2.15. The molecule has 0 aromatic heterocycles. The Bertz CT molecular complexity index is 517. The predicted molar refractivity (Wildman–Crippen MR) is 130 cm³/mol. The van der Waals surface area contributed by atoms with Gasteiger partial charge in [0.25, 0.3) is 0 Å². The Hall–Kier alpha value is -0.751. The first-order valence-electron chi connectivity index (χ1n) is 12.2. The van der Waals surface area contributed by atoms with Gasteiger partial charge in [0.2, 0.25) is 0 Å². The molecule has 1 rings (SSSR count). The second kappa shape index (κ2) is 17.9. The zero-order chi connectivity index (χ0) is 21.9. The molecule has 0 heterocycles. The normalized spacial score (nSPS) is 11.4. The molecule has 4 nitrogen and oxygen atoms in total. The maximum atomic E-state index is 11.8. The van der Waals surface area contributed by atoms with Crippen molar-refractivity contribution in [3.63, 3.8) is 0 Å². The van der Waals surface area contributed by atoms with Crippen molar-refractivity contribution in [2.45, 2.75) is 92.1 Å². The van der Waals surface area contributed by atoms with Crippen LogP contribution in [0, 0.1) is 0 Å². The van der Waals surface area contributed by atoms with Gasteiger partial charge >= 0.3 is 172 Å². The van der Waals surface area contributed by atoms with Crippen molar-refractivity contribution < 1.29 is 14.3 Å². The fraction of sp³-hybridized carbons (Fsp3) is 0.720. The zero-order valence-corrected chi connectivity index (χ0v) is 22.6. The van der Waals surface area contributed by atoms with E-state index in [4.69, 9.17) is 9.47 Å². The van der Waals surface area contributed by atoms with Crippen LogP contribution in [0.25, 0.3) is 0 Å². The van der Waals surface area contributed by atoms with E-state index in [-0.39, 0.29) is 6.09 Å². The van der Waals surface area contributed by atoms with Gasteiger partial charge in [-0.2, -0.15) is 0 Å². The summed E-state index contributed by atoms with van der Waals surface area (Å²) in [5.41, 5.74) is 1.00. The van der Waals surface area contributed by atoms with E-state index in [0.717, 1.165) is 29.6 Å². The molecule has 0 unspecified atom stereocenters. The summed E-state index contributed by atoms with van der Waals surface area (Å²) in [6.07, 6.45) is 9.69. The number of benzene rings is 1. The van der Waals surface area contributed by atoms with Gasteiger partial charge in [-0.25, -0.2) is 0 Å². The van der Waals surface area contributed by atoms with Crippen LogP contribution in [0.1, 0.15) is 77.7 Å². The van der Waals surface area contributed by atoms with Crippen LogP contribution in [0.15, 0.2) is 30.3 Å². The fourth-order valence-corrected chi connectivity index (χ4v) is 18.3. The molecular weight excluding hydrogens is 481 g/mol. The second-order valence-electron chi connectivity index (χ2n) is 8.56. The third-order valence-corrected chi connectivity index (χ3v) is 20.2. The van der Waals surface area contributed by atoms with E-state index in [1.54, 1.807) is 0 Å². The molecule has 0 aliphatic heterocycles. The first kappa shape index (κ1) is 27.3. The van der Waals surface area contributed by atoms with E-state index < -0.39 is 18.4 Å². The SMILES string of the molecule is CCC[CH2][Sn]([CH2]CCC)([CH2]CCC)[CH2]OCCCCNC(=O)OCc1ccccc1. The van der Waals surface area contributed by atoms with Crippen LogP contribution in [0.3, 0.4) is 0 Å². The summed E-state index contributed by atoms with van der Waals surface area (Å²) in [7, 11) is 0. The van der Waals surface area contributed by atoms with Crippen LogP contribution in [0.5, 0.6) is 0 Å². The number of ether oxygens (including phenoxy) is 2. The van der Waals surface area contributed by atoms with Crippen LogP contribution in [-0.2, 0) is 16.1 Å². The van der Waals surface area contributed by atoms with Crippen LogP contribution >= 0.6 is 0 Å². The Morgan fingerprint density at radius 1 is 0.867 bits per heavy atom. The minimum absolute atomic E-state index is 0.318. The maximum absolute atomic E-state index is 11.8. The van der Waals surface area contributed by atoms with Crippen molar-refractivity contribution >= 4 is 24.5 Å². The molecule has 0 aliphatic carbocycles. The van der Waals surface area contributed by atoms with Crippen LogP contribution in [0.2, 0.25) is 13.3 Å². The third-order valence-electron chi connectivity index (χ3n) is 5.79. The van der Waals surface area contributed by atoms with Gasteiger partial charge in [-0.3, -0.25) is 0 Å². The third kappa shape index (κ3) is 12.8. The average molecular weight is 526 g/mol. The number of amides is 1. The molecule has 1 N–H and O–H groups in total. The molecule has 0 radical (unpaired) electrons. The van der Waals surface area contributed by atoms with Crippen LogP contribution < -0.4 is 5.32 Å². The van der Waals surface area contributed by atoms with Gasteiger partial charge in [-0.15, -0.1) is 0 Å². The summed E-state index contributed by atoms with van der Waals surface area (Å²) in [6.45, 7) is 8.73. The van der Waals surface area contributed by atoms with Crippen LogP contribution in [-0.4, -0.2) is 42.2 Å². The molecule has 0 bridgehead atoms. The van der Waals surface area contributed by atoms with Gasteiger partial charge < -0.3 is 0 Å². The van der Waals surface area contributed by atoms with Crippen molar-refractivity contribution in [2.24, 2.45) is 0 Å². The van der Waals surface area contributed by atoms with E-state index in [2.05, 4.69) is 26.1 Å². The molecule has 0 aliphatic rings. The topological polar surface area (TPSA) is 47.6 Å². The standard InChI is InChI=1S/C13H18NO3.3C4H9.Sn/c1-16-10-6-5-9-14-13(15)17-11-12-7-3-2-4-8-12;3*1-3-4-2;/h2-4,7-8H,1,5-6,9-11H2,(H,14,15);3*1,3-4H2,2H3;. The quantitative estimate of drug-likeness (QED) is 0.164. The van der Waals surface area contributed by atoms with Crippen molar-refractivity contribution in [3.8, 4) is 0 Å². The Labute approximate surface area is 189 Å². The van der Waals surface area contributed by atoms with Gasteiger partial charge in [0, 0.05) is 0 Å². The number of unbranched alkanes of at least 4 members (excludes halogenated alkanes) is 4. The molecule has 1 aromatic rings. The van der Waals surface area contributed by atoms with E-state index in [1.807, 2.05) is 30.3 Å². The van der Waals surface area contributed by atoms with E-state index in [1.165, 1.54) is 51.8 Å². The van der Waals surface area contributed by atoms with Gasteiger partial charge in [0.05, 0.1) is 0 Å². The number of alkyl carbamates (subject to hydrolysis) is 1. The number of nitrogens with one attached hydrogen (secondary N) is 1. The minimum Gasteiger partial charge on any atom is -0.0622 e. The number of carbonyl (C=O) groups is 1. The molecule has 172 valence electrons. The molecule has 30 heavy (non-hydrogen) atoms. The predicted octanol–water partition coefficient (Wildman–Crippen LogP) is 7.10. The fourth-order valence-electron chi connectivity index (χ4n) is 3.83. The first-order valence-corrected chi connectivity index (χ1v) is 20.3. The summed E-state index contributed by atoms with van der Waals surface area (Å²) in [6, 6.07) is 9.76. The zero-order valence-electron chi connectivity index (χ0n) is 19.7. The van der Waals surface area contributed by atoms with Crippen LogP contribution in [0.4, 0.5) is 4.79 Å². The number of rotatable bonds is 18. The minimum atomic E-state index is -2.15. The Morgan fingerprint density at radius 3 is 2.03 bits per heavy atom. The Morgan fingerprint density at radius 2 is 1.47 bits per heavy atom. The van der Waals surface area contributed by atoms with Crippen molar-refractivity contribution in [1.29, 1.82) is 0 Å². The van der Waals surface area contributed by atoms with Crippen molar-refractivity contribution in [2.75, 3.05) is 17.8 Å². The molecule has 0 atom stereocenters. The molecule has 0 saturated heterocycles. The summed E-state index contributed by atoms with van der Waals surface area (Å²) < 4.78 is 17.1. The molecule has 1 amide bonds. The van der Waals surface area contributed by atoms with Gasteiger partial charge in [-0.05, 0) is 0 Å². The van der Waals surface area contributed by atoms with Crippen molar-refractivity contribution in [3.05, 3.63) is 35.9 Å². The summed E-state index contributed by atoms with van der Waals surface area (Å²) in [5, 5.41) is 2.84. The number of carbonyl (C=O) groups excluding carboxylic acids is 1. The van der Waals surface area contributed by atoms with Crippen molar-refractivity contribution in [1.82, 2.24) is 5.32 Å². The van der Waals surface area contributed by atoms with Gasteiger partial charge in [0.1, 0.15) is 0 Å². The monoisotopic (exact) mass is 527 g/mol. The number of hydrogen-bond acceptors (Lipinski definition) is 3. The molecule has 0 spiro atoms.